The highest BCUT2D eigenvalue weighted by atomic mass is 32.2. The Morgan fingerprint density at radius 1 is 1.54 bits per heavy atom. The monoisotopic (exact) mass is 207 g/mol. The van der Waals surface area contributed by atoms with Gasteiger partial charge in [-0.15, -0.1) is 0 Å². The van der Waals surface area contributed by atoms with E-state index in [9.17, 15) is 13.2 Å². The van der Waals surface area contributed by atoms with E-state index in [1.807, 2.05) is 0 Å². The second-order valence-electron chi connectivity index (χ2n) is 3.13. The summed E-state index contributed by atoms with van der Waals surface area (Å²) >= 11 is 0. The number of hydrogen-bond donors (Lipinski definition) is 0. The minimum absolute atomic E-state index is 0.255. The van der Waals surface area contributed by atoms with E-state index in [1.165, 1.54) is 11.4 Å². The minimum Gasteiger partial charge on any atom is -0.469 e. The summed E-state index contributed by atoms with van der Waals surface area (Å²) in [6.45, 7) is 0.671. The molecule has 1 atom stereocenters. The van der Waals surface area contributed by atoms with Crippen LogP contribution in [0.3, 0.4) is 0 Å². The first-order valence-corrected chi connectivity index (χ1v) is 5.83. The van der Waals surface area contributed by atoms with Crippen LogP contribution in [0, 0.1) is 5.92 Å². The van der Waals surface area contributed by atoms with Crippen molar-refractivity contribution in [1.29, 1.82) is 0 Å². The first-order valence-electron chi connectivity index (χ1n) is 3.98. The Morgan fingerprint density at radius 3 is 2.54 bits per heavy atom. The molecule has 1 aliphatic rings. The number of nitrogens with zero attached hydrogens (tertiary/aromatic N) is 1. The fraction of sp³-hybridized carbons (Fsp3) is 0.857. The van der Waals surface area contributed by atoms with Crippen LogP contribution in [-0.4, -0.2) is 45.1 Å². The fourth-order valence-corrected chi connectivity index (χ4v) is 2.28. The number of hydrogen-bond acceptors (Lipinski definition) is 4. The van der Waals surface area contributed by atoms with Gasteiger partial charge in [0.15, 0.2) is 0 Å². The van der Waals surface area contributed by atoms with Gasteiger partial charge in [-0.3, -0.25) is 4.79 Å². The number of carbonyl (C=O) groups excluding carboxylic acids is 1. The topological polar surface area (TPSA) is 63.7 Å². The third-order valence-corrected chi connectivity index (χ3v) is 3.42. The molecule has 5 nitrogen and oxygen atoms in total. The van der Waals surface area contributed by atoms with Crippen molar-refractivity contribution in [3.63, 3.8) is 0 Å². The molecule has 0 spiro atoms. The van der Waals surface area contributed by atoms with Gasteiger partial charge in [-0.2, -0.15) is 0 Å². The first-order chi connectivity index (χ1) is 5.95. The van der Waals surface area contributed by atoms with Crippen LogP contribution in [0.15, 0.2) is 0 Å². The maximum Gasteiger partial charge on any atom is 0.310 e. The van der Waals surface area contributed by atoms with Crippen LogP contribution in [0.1, 0.15) is 6.42 Å². The molecular formula is C7H13NO4S. The molecule has 1 rings (SSSR count). The van der Waals surface area contributed by atoms with Gasteiger partial charge < -0.3 is 4.74 Å². The fourth-order valence-electron chi connectivity index (χ4n) is 1.39. The van der Waals surface area contributed by atoms with Crippen LogP contribution in [0.25, 0.3) is 0 Å². The maximum absolute atomic E-state index is 11.1. The van der Waals surface area contributed by atoms with Gasteiger partial charge in [0.05, 0.1) is 19.3 Å². The summed E-state index contributed by atoms with van der Waals surface area (Å²) in [6, 6.07) is 0. The molecule has 0 aromatic rings. The van der Waals surface area contributed by atoms with Crippen molar-refractivity contribution in [1.82, 2.24) is 4.31 Å². The van der Waals surface area contributed by atoms with Crippen LogP contribution >= 0.6 is 0 Å². The summed E-state index contributed by atoms with van der Waals surface area (Å²) in [5.74, 6) is -0.620. The molecular weight excluding hydrogens is 194 g/mol. The summed E-state index contributed by atoms with van der Waals surface area (Å²) < 4.78 is 28.0. The average Bonchev–Trinajstić information content (AvgIpc) is 2.50. The van der Waals surface area contributed by atoms with E-state index >= 15 is 0 Å². The van der Waals surface area contributed by atoms with Crippen molar-refractivity contribution < 1.29 is 17.9 Å². The molecule has 0 bridgehead atoms. The van der Waals surface area contributed by atoms with E-state index in [2.05, 4.69) is 4.74 Å². The predicted molar refractivity (Wildman–Crippen MR) is 46.5 cm³/mol. The third-order valence-electron chi connectivity index (χ3n) is 2.15. The van der Waals surface area contributed by atoms with E-state index in [-0.39, 0.29) is 18.4 Å². The Kier molecular flexibility index (Phi) is 2.92. The lowest BCUT2D eigenvalue weighted by molar-refractivity contribution is -0.144. The Labute approximate surface area is 77.7 Å². The Balaban J connectivity index is 2.60. The van der Waals surface area contributed by atoms with E-state index in [0.29, 0.717) is 13.0 Å². The Morgan fingerprint density at radius 2 is 2.15 bits per heavy atom. The molecule has 1 fully saturated rings. The molecule has 1 saturated heterocycles. The molecule has 6 heteroatoms. The highest BCUT2D eigenvalue weighted by Gasteiger charge is 2.33. The molecule has 0 radical (unpaired) electrons. The summed E-state index contributed by atoms with van der Waals surface area (Å²) in [5, 5.41) is 0. The quantitative estimate of drug-likeness (QED) is 0.569. The van der Waals surface area contributed by atoms with E-state index in [0.717, 1.165) is 6.26 Å². The van der Waals surface area contributed by atoms with Crippen molar-refractivity contribution in [2.75, 3.05) is 26.5 Å². The number of methoxy groups -OCH3 is 1. The molecule has 0 aromatic heterocycles. The van der Waals surface area contributed by atoms with Crippen LogP contribution in [-0.2, 0) is 19.6 Å². The van der Waals surface area contributed by atoms with E-state index < -0.39 is 10.0 Å². The molecule has 0 aromatic carbocycles. The molecule has 76 valence electrons. The van der Waals surface area contributed by atoms with Crippen LogP contribution in [0.4, 0.5) is 0 Å². The minimum atomic E-state index is -3.15. The zero-order valence-corrected chi connectivity index (χ0v) is 8.50. The molecule has 0 aliphatic carbocycles. The van der Waals surface area contributed by atoms with Gasteiger partial charge in [-0.05, 0) is 6.42 Å². The van der Waals surface area contributed by atoms with Crippen molar-refractivity contribution >= 4 is 16.0 Å². The predicted octanol–water partition coefficient (Wildman–Crippen LogP) is -0.559. The summed E-state index contributed by atoms with van der Waals surface area (Å²) in [4.78, 5) is 11.0. The molecule has 1 aliphatic heterocycles. The summed E-state index contributed by atoms with van der Waals surface area (Å²) in [6.07, 6.45) is 1.70. The number of esters is 1. The lowest BCUT2D eigenvalue weighted by Crippen LogP contribution is -2.29. The molecule has 0 N–H and O–H groups in total. The summed E-state index contributed by atoms with van der Waals surface area (Å²) in [5.41, 5.74) is 0. The van der Waals surface area contributed by atoms with Gasteiger partial charge >= 0.3 is 5.97 Å². The second-order valence-corrected chi connectivity index (χ2v) is 5.11. The lowest BCUT2D eigenvalue weighted by atomic mass is 10.1. The van der Waals surface area contributed by atoms with Gasteiger partial charge in [-0.25, -0.2) is 12.7 Å². The van der Waals surface area contributed by atoms with Gasteiger partial charge in [0.2, 0.25) is 10.0 Å². The van der Waals surface area contributed by atoms with Gasteiger partial charge in [0.25, 0.3) is 0 Å². The number of sulfonamides is 1. The average molecular weight is 207 g/mol. The normalized spacial score (nSPS) is 24.6. The molecule has 13 heavy (non-hydrogen) atoms. The zero-order chi connectivity index (χ0) is 10.1. The number of carbonyl (C=O) groups is 1. The lowest BCUT2D eigenvalue weighted by Gasteiger charge is -2.11. The smallest absolute Gasteiger partial charge is 0.310 e. The highest BCUT2D eigenvalue weighted by molar-refractivity contribution is 7.88. The van der Waals surface area contributed by atoms with Gasteiger partial charge in [0.1, 0.15) is 0 Å². The molecule has 1 heterocycles. The SMILES string of the molecule is COC(=O)C1CCN(S(C)(=O)=O)C1. The molecule has 0 amide bonds. The van der Waals surface area contributed by atoms with Crippen molar-refractivity contribution in [2.24, 2.45) is 5.92 Å². The molecule has 0 saturated carbocycles. The van der Waals surface area contributed by atoms with Crippen molar-refractivity contribution in [2.45, 2.75) is 6.42 Å². The number of rotatable bonds is 2. The van der Waals surface area contributed by atoms with Gasteiger partial charge in [-0.1, -0.05) is 0 Å². The van der Waals surface area contributed by atoms with Crippen LogP contribution in [0.2, 0.25) is 0 Å². The Bertz CT molecular complexity index is 298. The van der Waals surface area contributed by atoms with E-state index in [1.54, 1.807) is 0 Å². The first kappa shape index (κ1) is 10.5. The van der Waals surface area contributed by atoms with Gasteiger partial charge in [0, 0.05) is 13.1 Å². The third kappa shape index (κ3) is 2.41. The van der Waals surface area contributed by atoms with Crippen molar-refractivity contribution in [3.05, 3.63) is 0 Å². The van der Waals surface area contributed by atoms with Crippen LogP contribution < -0.4 is 0 Å². The van der Waals surface area contributed by atoms with Crippen LogP contribution in [0.5, 0.6) is 0 Å². The summed E-state index contributed by atoms with van der Waals surface area (Å²) in [7, 11) is -1.84. The second kappa shape index (κ2) is 3.63. The molecule has 1 unspecified atom stereocenters. The Hall–Kier alpha value is -0.620. The maximum atomic E-state index is 11.1. The highest BCUT2D eigenvalue weighted by Crippen LogP contribution is 2.19. The largest absolute Gasteiger partial charge is 0.469 e. The van der Waals surface area contributed by atoms with E-state index in [4.69, 9.17) is 0 Å². The number of ether oxygens (including phenoxy) is 1. The zero-order valence-electron chi connectivity index (χ0n) is 7.69. The standard InChI is InChI=1S/C7H13NO4S/c1-12-7(9)6-3-4-8(5-6)13(2,10)11/h6H,3-5H2,1-2H3. The van der Waals surface area contributed by atoms with Crippen molar-refractivity contribution in [3.8, 4) is 0 Å².